The van der Waals surface area contributed by atoms with Gasteiger partial charge in [0.25, 0.3) is 0 Å². The highest BCUT2D eigenvalue weighted by molar-refractivity contribution is 5.80. The van der Waals surface area contributed by atoms with Crippen LogP contribution in [0.2, 0.25) is 0 Å². The third-order valence-corrected chi connectivity index (χ3v) is 2.76. The number of nitrogens with two attached hydrogens (primary N) is 1. The third-order valence-electron chi connectivity index (χ3n) is 2.76. The molecule has 0 fully saturated rings. The highest BCUT2D eigenvalue weighted by Crippen LogP contribution is 2.14. The number of unbranched alkanes of at least 4 members (excludes halogenated alkanes) is 1. The molecule has 6 nitrogen and oxygen atoms in total. The average Bonchev–Trinajstić information content (AvgIpc) is 2.79. The van der Waals surface area contributed by atoms with Crippen molar-refractivity contribution in [3.63, 3.8) is 0 Å². The summed E-state index contributed by atoms with van der Waals surface area (Å²) in [5, 5.41) is 0. The summed E-state index contributed by atoms with van der Waals surface area (Å²) in [7, 11) is 0. The standard InChI is InChI=1S/C12H19N5O/c1-2-3-6-18-7-4-5-17-9-16-10-11(13)14-8-15-12(10)17/h8-9H,2-7H2,1H3,(H2,13,14,15). The van der Waals surface area contributed by atoms with Crippen molar-refractivity contribution in [3.8, 4) is 0 Å². The number of ether oxygens (including phenoxy) is 1. The number of fused-ring (bicyclic) bond motifs is 1. The Labute approximate surface area is 106 Å². The van der Waals surface area contributed by atoms with Gasteiger partial charge in [0.15, 0.2) is 11.5 Å². The monoisotopic (exact) mass is 249 g/mol. The molecule has 98 valence electrons. The predicted octanol–water partition coefficient (Wildman–Crippen LogP) is 1.62. The van der Waals surface area contributed by atoms with Crippen molar-refractivity contribution < 1.29 is 4.74 Å². The highest BCUT2D eigenvalue weighted by Gasteiger charge is 2.06. The maximum Gasteiger partial charge on any atom is 0.165 e. The summed E-state index contributed by atoms with van der Waals surface area (Å²) in [6.07, 6.45) is 6.45. The fourth-order valence-electron chi connectivity index (χ4n) is 1.75. The molecule has 6 heteroatoms. The average molecular weight is 249 g/mol. The summed E-state index contributed by atoms with van der Waals surface area (Å²) >= 11 is 0. The van der Waals surface area contributed by atoms with Gasteiger partial charge < -0.3 is 15.0 Å². The van der Waals surface area contributed by atoms with E-state index in [2.05, 4.69) is 21.9 Å². The Balaban J connectivity index is 1.86. The van der Waals surface area contributed by atoms with Crippen molar-refractivity contribution in [1.82, 2.24) is 19.5 Å². The van der Waals surface area contributed by atoms with E-state index in [0.717, 1.165) is 38.2 Å². The van der Waals surface area contributed by atoms with Crippen LogP contribution < -0.4 is 5.73 Å². The molecular formula is C12H19N5O. The normalized spacial score (nSPS) is 11.2. The first-order valence-electron chi connectivity index (χ1n) is 6.32. The van der Waals surface area contributed by atoms with Gasteiger partial charge in [0.05, 0.1) is 6.33 Å². The molecule has 2 heterocycles. The van der Waals surface area contributed by atoms with Gasteiger partial charge in [-0.3, -0.25) is 0 Å². The number of aromatic nitrogens is 4. The van der Waals surface area contributed by atoms with Gasteiger partial charge in [0.2, 0.25) is 0 Å². The summed E-state index contributed by atoms with van der Waals surface area (Å²) < 4.78 is 7.50. The lowest BCUT2D eigenvalue weighted by Gasteiger charge is -2.05. The SMILES string of the molecule is CCCCOCCCn1cnc2c(N)ncnc21. The Bertz CT molecular complexity index is 496. The minimum Gasteiger partial charge on any atom is -0.382 e. The van der Waals surface area contributed by atoms with Crippen LogP contribution in [0.1, 0.15) is 26.2 Å². The quantitative estimate of drug-likeness (QED) is 0.754. The van der Waals surface area contributed by atoms with E-state index in [9.17, 15) is 0 Å². The predicted molar refractivity (Wildman–Crippen MR) is 70.1 cm³/mol. The first-order valence-corrected chi connectivity index (χ1v) is 6.32. The second-order valence-electron chi connectivity index (χ2n) is 4.19. The Morgan fingerprint density at radius 1 is 1.22 bits per heavy atom. The summed E-state index contributed by atoms with van der Waals surface area (Å²) in [5.41, 5.74) is 7.19. The molecule has 0 aromatic carbocycles. The molecule has 0 bridgehead atoms. The van der Waals surface area contributed by atoms with E-state index in [1.807, 2.05) is 4.57 Å². The minimum atomic E-state index is 0.429. The van der Waals surface area contributed by atoms with Crippen molar-refractivity contribution in [3.05, 3.63) is 12.7 Å². The van der Waals surface area contributed by atoms with E-state index in [1.165, 1.54) is 12.7 Å². The molecule has 0 aliphatic carbocycles. The Kier molecular flexibility index (Phi) is 4.46. The van der Waals surface area contributed by atoms with E-state index in [1.54, 1.807) is 6.33 Å². The van der Waals surface area contributed by atoms with Crippen LogP contribution in [0.15, 0.2) is 12.7 Å². The molecule has 2 aromatic heterocycles. The summed E-state index contributed by atoms with van der Waals surface area (Å²) in [6, 6.07) is 0. The van der Waals surface area contributed by atoms with Crippen LogP contribution in [0.5, 0.6) is 0 Å². The van der Waals surface area contributed by atoms with Crippen LogP contribution in [0, 0.1) is 0 Å². The van der Waals surface area contributed by atoms with Crippen LogP contribution in [0.3, 0.4) is 0 Å². The lowest BCUT2D eigenvalue weighted by atomic mass is 10.3. The molecule has 0 spiro atoms. The number of rotatable bonds is 7. The van der Waals surface area contributed by atoms with E-state index < -0.39 is 0 Å². The van der Waals surface area contributed by atoms with Crippen LogP contribution in [-0.2, 0) is 11.3 Å². The fourth-order valence-corrected chi connectivity index (χ4v) is 1.75. The van der Waals surface area contributed by atoms with E-state index in [4.69, 9.17) is 10.5 Å². The van der Waals surface area contributed by atoms with Crippen molar-refractivity contribution in [2.75, 3.05) is 18.9 Å². The van der Waals surface area contributed by atoms with Crippen molar-refractivity contribution >= 4 is 17.0 Å². The lowest BCUT2D eigenvalue weighted by Crippen LogP contribution is -2.03. The Morgan fingerprint density at radius 2 is 2.06 bits per heavy atom. The molecule has 0 unspecified atom stereocenters. The molecule has 0 aliphatic heterocycles. The van der Waals surface area contributed by atoms with Gasteiger partial charge >= 0.3 is 0 Å². The number of anilines is 1. The van der Waals surface area contributed by atoms with Gasteiger partial charge in [-0.1, -0.05) is 13.3 Å². The van der Waals surface area contributed by atoms with Crippen LogP contribution in [0.4, 0.5) is 5.82 Å². The summed E-state index contributed by atoms with van der Waals surface area (Å²) in [5.74, 6) is 0.429. The van der Waals surface area contributed by atoms with E-state index in [0.29, 0.717) is 11.3 Å². The number of imidazole rings is 1. The number of hydrogen-bond acceptors (Lipinski definition) is 5. The first-order chi connectivity index (χ1) is 8.83. The molecular weight excluding hydrogens is 230 g/mol. The number of hydrogen-bond donors (Lipinski definition) is 1. The van der Waals surface area contributed by atoms with E-state index in [-0.39, 0.29) is 0 Å². The van der Waals surface area contributed by atoms with Gasteiger partial charge in [-0.05, 0) is 12.8 Å². The first kappa shape index (κ1) is 12.8. The molecule has 18 heavy (non-hydrogen) atoms. The van der Waals surface area contributed by atoms with Crippen LogP contribution in [-0.4, -0.2) is 32.7 Å². The van der Waals surface area contributed by atoms with Gasteiger partial charge in [0, 0.05) is 19.8 Å². The Morgan fingerprint density at radius 3 is 2.89 bits per heavy atom. The van der Waals surface area contributed by atoms with Crippen molar-refractivity contribution in [2.24, 2.45) is 0 Å². The molecule has 2 rings (SSSR count). The smallest absolute Gasteiger partial charge is 0.165 e. The molecule has 2 N–H and O–H groups in total. The molecule has 2 aromatic rings. The van der Waals surface area contributed by atoms with Crippen molar-refractivity contribution in [1.29, 1.82) is 0 Å². The number of aryl methyl sites for hydroxylation is 1. The molecule has 0 amide bonds. The maximum atomic E-state index is 5.73. The maximum absolute atomic E-state index is 5.73. The van der Waals surface area contributed by atoms with Crippen LogP contribution in [0.25, 0.3) is 11.2 Å². The third kappa shape index (κ3) is 2.95. The van der Waals surface area contributed by atoms with Crippen LogP contribution >= 0.6 is 0 Å². The largest absolute Gasteiger partial charge is 0.382 e. The van der Waals surface area contributed by atoms with Gasteiger partial charge in [0.1, 0.15) is 11.8 Å². The highest BCUT2D eigenvalue weighted by atomic mass is 16.5. The second-order valence-corrected chi connectivity index (χ2v) is 4.19. The van der Waals surface area contributed by atoms with Crippen molar-refractivity contribution in [2.45, 2.75) is 32.7 Å². The molecule has 0 saturated carbocycles. The zero-order valence-corrected chi connectivity index (χ0v) is 10.7. The lowest BCUT2D eigenvalue weighted by molar-refractivity contribution is 0.126. The minimum absolute atomic E-state index is 0.429. The zero-order chi connectivity index (χ0) is 12.8. The molecule has 0 radical (unpaired) electrons. The number of nitrogens with zero attached hydrogens (tertiary/aromatic N) is 4. The Hall–Kier alpha value is -1.69. The molecule has 0 saturated heterocycles. The second kappa shape index (κ2) is 6.30. The number of nitrogen functional groups attached to an aromatic ring is 1. The van der Waals surface area contributed by atoms with E-state index >= 15 is 0 Å². The van der Waals surface area contributed by atoms with Gasteiger partial charge in [-0.15, -0.1) is 0 Å². The zero-order valence-electron chi connectivity index (χ0n) is 10.7. The summed E-state index contributed by atoms with van der Waals surface area (Å²) in [4.78, 5) is 12.3. The molecule has 0 atom stereocenters. The van der Waals surface area contributed by atoms with Gasteiger partial charge in [-0.25, -0.2) is 15.0 Å². The summed E-state index contributed by atoms with van der Waals surface area (Å²) in [6.45, 7) is 4.60. The topological polar surface area (TPSA) is 78.9 Å². The van der Waals surface area contributed by atoms with Gasteiger partial charge in [-0.2, -0.15) is 0 Å². The molecule has 0 aliphatic rings. The fraction of sp³-hybridized carbons (Fsp3) is 0.583.